The fourth-order valence-corrected chi connectivity index (χ4v) is 4.37. The predicted octanol–water partition coefficient (Wildman–Crippen LogP) is 4.74. The molecule has 9 heteroatoms. The minimum atomic E-state index is -0.230. The summed E-state index contributed by atoms with van der Waals surface area (Å²) in [6.07, 6.45) is 5.74. The van der Waals surface area contributed by atoms with Crippen LogP contribution >= 0.6 is 34.8 Å². The number of hydrogen-bond acceptors (Lipinski definition) is 5. The van der Waals surface area contributed by atoms with Crippen LogP contribution in [-0.2, 0) is 6.42 Å². The highest BCUT2D eigenvalue weighted by Gasteiger charge is 2.21. The molecule has 0 aliphatic carbocycles. The first-order valence-corrected chi connectivity index (χ1v) is 11.4. The number of carbonyl (C=O) groups excluding carboxylic acids is 1. The highest BCUT2D eigenvalue weighted by molar-refractivity contribution is 6.42. The fraction of sp³-hybridized carbons (Fsp3) is 0.261. The first-order chi connectivity index (χ1) is 15.5. The Morgan fingerprint density at radius 1 is 0.969 bits per heavy atom. The Kier molecular flexibility index (Phi) is 7.35. The zero-order valence-corrected chi connectivity index (χ0v) is 19.5. The molecule has 0 atom stereocenters. The molecule has 1 fully saturated rings. The van der Waals surface area contributed by atoms with Crippen molar-refractivity contribution in [2.24, 2.45) is 0 Å². The van der Waals surface area contributed by atoms with E-state index in [-0.39, 0.29) is 5.91 Å². The Morgan fingerprint density at radius 2 is 1.69 bits per heavy atom. The van der Waals surface area contributed by atoms with E-state index in [0.717, 1.165) is 37.4 Å². The van der Waals surface area contributed by atoms with Gasteiger partial charge in [-0.15, -0.1) is 0 Å². The van der Waals surface area contributed by atoms with Gasteiger partial charge in [-0.25, -0.2) is 4.98 Å². The second kappa shape index (κ2) is 10.4. The van der Waals surface area contributed by atoms with E-state index in [4.69, 9.17) is 34.8 Å². The van der Waals surface area contributed by atoms with Gasteiger partial charge in [0.25, 0.3) is 5.91 Å². The maximum atomic E-state index is 12.5. The molecule has 32 heavy (non-hydrogen) atoms. The Labute approximate surface area is 202 Å². The molecule has 166 valence electrons. The van der Waals surface area contributed by atoms with Crippen molar-refractivity contribution in [3.8, 4) is 0 Å². The Hall–Kier alpha value is -2.54. The van der Waals surface area contributed by atoms with E-state index >= 15 is 0 Å². The minimum Gasteiger partial charge on any atom is -0.368 e. The van der Waals surface area contributed by atoms with Crippen molar-refractivity contribution in [1.82, 2.24) is 15.3 Å². The van der Waals surface area contributed by atoms with Gasteiger partial charge in [-0.05, 0) is 36.2 Å². The number of rotatable bonds is 6. The lowest BCUT2D eigenvalue weighted by Gasteiger charge is -2.37. The van der Waals surface area contributed by atoms with Crippen LogP contribution in [0.1, 0.15) is 15.9 Å². The van der Waals surface area contributed by atoms with E-state index < -0.39 is 0 Å². The van der Waals surface area contributed by atoms with Crippen molar-refractivity contribution < 1.29 is 4.79 Å². The Balaban J connectivity index is 1.33. The van der Waals surface area contributed by atoms with Crippen LogP contribution in [0.5, 0.6) is 0 Å². The number of carbonyl (C=O) groups is 1. The minimum absolute atomic E-state index is 0.230. The van der Waals surface area contributed by atoms with E-state index in [9.17, 15) is 4.79 Å². The molecule has 1 N–H and O–H groups in total. The standard InChI is InChI=1S/C23H22Cl3N5O/c24-19-3-1-2-16(21(19)26)4-9-28-23(32)17-14-20(25)22(29-15-17)31-12-10-30(11-13-31)18-5-7-27-8-6-18/h1-3,5-8,14-15H,4,9-13H2,(H,28,32). The molecule has 1 amide bonds. The fourth-order valence-electron chi connectivity index (χ4n) is 3.67. The summed E-state index contributed by atoms with van der Waals surface area (Å²) >= 11 is 18.7. The summed E-state index contributed by atoms with van der Waals surface area (Å²) < 4.78 is 0. The number of aromatic nitrogens is 2. The summed E-state index contributed by atoms with van der Waals surface area (Å²) in [4.78, 5) is 25.5. The number of halogens is 3. The van der Waals surface area contributed by atoms with Crippen LogP contribution in [0.15, 0.2) is 55.0 Å². The number of piperazine rings is 1. The number of anilines is 2. The summed E-state index contributed by atoms with van der Waals surface area (Å²) in [7, 11) is 0. The van der Waals surface area contributed by atoms with Gasteiger partial charge in [0, 0.05) is 57.0 Å². The molecule has 1 aliphatic rings. The van der Waals surface area contributed by atoms with Gasteiger partial charge in [0.2, 0.25) is 0 Å². The van der Waals surface area contributed by atoms with E-state index in [0.29, 0.717) is 39.4 Å². The van der Waals surface area contributed by atoms with Gasteiger partial charge >= 0.3 is 0 Å². The maximum absolute atomic E-state index is 12.5. The molecule has 0 unspecified atom stereocenters. The topological polar surface area (TPSA) is 61.4 Å². The van der Waals surface area contributed by atoms with Gasteiger partial charge in [0.1, 0.15) is 5.82 Å². The van der Waals surface area contributed by atoms with Crippen molar-refractivity contribution in [1.29, 1.82) is 0 Å². The molecule has 3 aromatic rings. The second-order valence-corrected chi connectivity index (χ2v) is 8.62. The number of benzene rings is 1. The second-order valence-electron chi connectivity index (χ2n) is 7.43. The van der Waals surface area contributed by atoms with Crippen LogP contribution in [0.25, 0.3) is 0 Å². The average Bonchev–Trinajstić information content (AvgIpc) is 2.82. The molecule has 0 saturated carbocycles. The highest BCUT2D eigenvalue weighted by atomic mass is 35.5. The van der Waals surface area contributed by atoms with Crippen molar-refractivity contribution in [2.45, 2.75) is 6.42 Å². The molecule has 1 saturated heterocycles. The number of nitrogens with one attached hydrogen (secondary N) is 1. The first-order valence-electron chi connectivity index (χ1n) is 10.3. The van der Waals surface area contributed by atoms with Gasteiger partial charge in [0.05, 0.1) is 20.6 Å². The molecule has 0 radical (unpaired) electrons. The highest BCUT2D eigenvalue weighted by Crippen LogP contribution is 2.27. The quantitative estimate of drug-likeness (QED) is 0.541. The maximum Gasteiger partial charge on any atom is 0.252 e. The lowest BCUT2D eigenvalue weighted by Crippen LogP contribution is -2.47. The number of amides is 1. The summed E-state index contributed by atoms with van der Waals surface area (Å²) in [6, 6.07) is 11.1. The van der Waals surface area contributed by atoms with Gasteiger partial charge in [-0.3, -0.25) is 9.78 Å². The molecule has 1 aliphatic heterocycles. The largest absolute Gasteiger partial charge is 0.368 e. The van der Waals surface area contributed by atoms with E-state index in [1.165, 1.54) is 0 Å². The van der Waals surface area contributed by atoms with Gasteiger partial charge in [-0.1, -0.05) is 46.9 Å². The van der Waals surface area contributed by atoms with Crippen molar-refractivity contribution in [3.63, 3.8) is 0 Å². The van der Waals surface area contributed by atoms with Crippen LogP contribution in [0.4, 0.5) is 11.5 Å². The smallest absolute Gasteiger partial charge is 0.252 e. The van der Waals surface area contributed by atoms with Crippen molar-refractivity contribution in [2.75, 3.05) is 42.5 Å². The molecule has 4 rings (SSSR count). The Morgan fingerprint density at radius 3 is 2.41 bits per heavy atom. The molecule has 0 bridgehead atoms. The molecule has 1 aromatic carbocycles. The molecule has 6 nitrogen and oxygen atoms in total. The number of pyridine rings is 2. The third-order valence-electron chi connectivity index (χ3n) is 5.40. The SMILES string of the molecule is O=C(NCCc1cccc(Cl)c1Cl)c1cnc(N2CCN(c3ccncc3)CC2)c(Cl)c1. The van der Waals surface area contributed by atoms with Gasteiger partial charge in [-0.2, -0.15) is 0 Å². The summed E-state index contributed by atoms with van der Waals surface area (Å²) in [6.45, 7) is 3.73. The number of hydrogen-bond donors (Lipinski definition) is 1. The van der Waals surface area contributed by atoms with Crippen LogP contribution in [0.2, 0.25) is 15.1 Å². The van der Waals surface area contributed by atoms with Crippen molar-refractivity contribution in [3.05, 3.63) is 81.2 Å². The van der Waals surface area contributed by atoms with Crippen LogP contribution in [-0.4, -0.2) is 48.6 Å². The third-order valence-corrected chi connectivity index (χ3v) is 6.54. The molecular weight excluding hydrogens is 469 g/mol. The Bertz CT molecular complexity index is 1090. The van der Waals surface area contributed by atoms with Gasteiger partial charge in [0.15, 0.2) is 0 Å². The van der Waals surface area contributed by atoms with E-state index in [2.05, 4.69) is 25.1 Å². The van der Waals surface area contributed by atoms with Crippen LogP contribution in [0, 0.1) is 0 Å². The van der Waals surface area contributed by atoms with Crippen LogP contribution in [0.3, 0.4) is 0 Å². The summed E-state index contributed by atoms with van der Waals surface area (Å²) in [5.74, 6) is 0.468. The zero-order chi connectivity index (χ0) is 22.5. The lowest BCUT2D eigenvalue weighted by molar-refractivity contribution is 0.0954. The lowest BCUT2D eigenvalue weighted by atomic mass is 10.1. The molecule has 0 spiro atoms. The van der Waals surface area contributed by atoms with E-state index in [1.54, 1.807) is 30.7 Å². The first kappa shape index (κ1) is 22.6. The number of nitrogens with zero attached hydrogens (tertiary/aromatic N) is 4. The average molecular weight is 491 g/mol. The molecule has 3 heterocycles. The van der Waals surface area contributed by atoms with Crippen molar-refractivity contribution >= 4 is 52.2 Å². The summed E-state index contributed by atoms with van der Waals surface area (Å²) in [5, 5.41) is 4.36. The van der Waals surface area contributed by atoms with Crippen LogP contribution < -0.4 is 15.1 Å². The third kappa shape index (κ3) is 5.26. The normalized spacial score (nSPS) is 13.8. The summed E-state index contributed by atoms with van der Waals surface area (Å²) in [5.41, 5.74) is 2.47. The van der Waals surface area contributed by atoms with E-state index in [1.807, 2.05) is 24.3 Å². The van der Waals surface area contributed by atoms with Gasteiger partial charge < -0.3 is 15.1 Å². The molecular formula is C23H22Cl3N5O. The predicted molar refractivity (Wildman–Crippen MR) is 130 cm³/mol. The molecule has 2 aromatic heterocycles. The zero-order valence-electron chi connectivity index (χ0n) is 17.3. The monoisotopic (exact) mass is 489 g/mol.